The Morgan fingerprint density at radius 2 is 1.70 bits per heavy atom. The van der Waals surface area contributed by atoms with Crippen LogP contribution in [-0.2, 0) is 16.0 Å². The number of morpholine rings is 1. The van der Waals surface area contributed by atoms with Gasteiger partial charge in [0.25, 0.3) is 5.91 Å². The smallest absolute Gasteiger partial charge is 0.346 e. The maximum absolute atomic E-state index is 13.4. The topological polar surface area (TPSA) is 136 Å². The van der Waals surface area contributed by atoms with Crippen LogP contribution in [0.4, 0.5) is 17.1 Å². The molecule has 0 unspecified atom stereocenters. The van der Waals surface area contributed by atoms with Crippen molar-refractivity contribution in [2.75, 3.05) is 37.7 Å². The number of benzene rings is 2. The summed E-state index contributed by atoms with van der Waals surface area (Å²) >= 11 is 0. The van der Waals surface area contributed by atoms with Gasteiger partial charge in [-0.15, -0.1) is 0 Å². The lowest BCUT2D eigenvalue weighted by atomic mass is 10.1. The van der Waals surface area contributed by atoms with E-state index in [9.17, 15) is 29.8 Å². The van der Waals surface area contributed by atoms with E-state index in [0.717, 1.165) is 17.7 Å². The minimum absolute atomic E-state index is 0.0524. The molecule has 2 aromatic carbocycles. The molecule has 2 aromatic rings. The van der Waals surface area contributed by atoms with E-state index in [1.165, 1.54) is 11.0 Å². The molecule has 0 atom stereocenters. The number of nitrogens with zero attached hydrogens (tertiary/aromatic N) is 4. The Kier molecular flexibility index (Phi) is 7.67. The van der Waals surface area contributed by atoms with E-state index in [1.807, 2.05) is 19.1 Å². The molecule has 0 radical (unpaired) electrons. The first kappa shape index (κ1) is 23.8. The number of anilines is 1. The molecule has 0 aromatic heterocycles. The molecule has 3 rings (SSSR count). The maximum atomic E-state index is 13.4. The molecule has 174 valence electrons. The van der Waals surface area contributed by atoms with Crippen LogP contribution < -0.4 is 4.90 Å². The van der Waals surface area contributed by atoms with Crippen LogP contribution in [0.1, 0.15) is 29.3 Å². The second-order valence-corrected chi connectivity index (χ2v) is 7.40. The SMILES string of the molecule is CCc1ccccc1N(CCC(=O)N1CCOCC1)C(=O)c1ccc([N+](=O)[O-])c([N+](=O)[O-])c1. The standard InChI is InChI=1S/C22H24N4O7/c1-2-16-5-3-4-6-18(16)24(10-9-21(27)23-11-13-33-14-12-23)22(28)17-7-8-19(25(29)30)20(15-17)26(31)32/h3-8,15H,2,9-14H2,1H3. The van der Waals surface area contributed by atoms with Crippen LogP contribution in [-0.4, -0.2) is 59.4 Å². The molecule has 0 N–H and O–H groups in total. The van der Waals surface area contributed by atoms with Crippen molar-refractivity contribution in [1.29, 1.82) is 0 Å². The second kappa shape index (κ2) is 10.6. The van der Waals surface area contributed by atoms with Gasteiger partial charge in [0.1, 0.15) is 0 Å². The number of amides is 2. The Bertz CT molecular complexity index is 1070. The van der Waals surface area contributed by atoms with Crippen molar-refractivity contribution in [3.63, 3.8) is 0 Å². The van der Waals surface area contributed by atoms with Crippen molar-refractivity contribution in [2.24, 2.45) is 0 Å². The third-order valence-electron chi connectivity index (χ3n) is 5.44. The lowest BCUT2D eigenvalue weighted by Crippen LogP contribution is -2.42. The zero-order valence-electron chi connectivity index (χ0n) is 18.1. The van der Waals surface area contributed by atoms with Crippen molar-refractivity contribution in [3.05, 3.63) is 73.8 Å². The van der Waals surface area contributed by atoms with Gasteiger partial charge in [0.2, 0.25) is 5.91 Å². The van der Waals surface area contributed by atoms with Crippen molar-refractivity contribution in [3.8, 4) is 0 Å². The molecule has 1 saturated heterocycles. The molecule has 11 heteroatoms. The number of hydrogen-bond acceptors (Lipinski definition) is 7. The maximum Gasteiger partial charge on any atom is 0.346 e. The Hall–Kier alpha value is -3.86. The summed E-state index contributed by atoms with van der Waals surface area (Å²) in [6, 6.07) is 10.3. The fourth-order valence-corrected chi connectivity index (χ4v) is 3.70. The average Bonchev–Trinajstić information content (AvgIpc) is 2.84. The van der Waals surface area contributed by atoms with Gasteiger partial charge in [-0.2, -0.15) is 0 Å². The number of hydrogen-bond donors (Lipinski definition) is 0. The van der Waals surface area contributed by atoms with E-state index in [1.54, 1.807) is 17.0 Å². The first-order valence-electron chi connectivity index (χ1n) is 10.5. The van der Waals surface area contributed by atoms with Crippen LogP contribution in [0.3, 0.4) is 0 Å². The Balaban J connectivity index is 1.94. The van der Waals surface area contributed by atoms with Crippen LogP contribution in [0.2, 0.25) is 0 Å². The van der Waals surface area contributed by atoms with Crippen molar-refractivity contribution >= 4 is 28.9 Å². The molecule has 33 heavy (non-hydrogen) atoms. The predicted octanol–water partition coefficient (Wildman–Crippen LogP) is 2.96. The minimum atomic E-state index is -0.888. The van der Waals surface area contributed by atoms with Gasteiger partial charge in [-0.25, -0.2) is 0 Å². The molecule has 0 spiro atoms. The molecule has 1 aliphatic rings. The quantitative estimate of drug-likeness (QED) is 0.440. The van der Waals surface area contributed by atoms with Gasteiger partial charge in [-0.05, 0) is 24.1 Å². The third-order valence-corrected chi connectivity index (χ3v) is 5.44. The van der Waals surface area contributed by atoms with E-state index >= 15 is 0 Å². The highest BCUT2D eigenvalue weighted by atomic mass is 16.6. The van der Waals surface area contributed by atoms with E-state index in [4.69, 9.17) is 4.74 Å². The number of rotatable bonds is 8. The molecule has 0 bridgehead atoms. The highest BCUT2D eigenvalue weighted by Crippen LogP contribution is 2.30. The van der Waals surface area contributed by atoms with Gasteiger partial charge < -0.3 is 14.5 Å². The van der Waals surface area contributed by atoms with Crippen molar-refractivity contribution in [2.45, 2.75) is 19.8 Å². The lowest BCUT2D eigenvalue weighted by molar-refractivity contribution is -0.422. The van der Waals surface area contributed by atoms with Gasteiger partial charge in [0, 0.05) is 49.4 Å². The summed E-state index contributed by atoms with van der Waals surface area (Å²) in [4.78, 5) is 49.9. The summed E-state index contributed by atoms with van der Waals surface area (Å²) in [5, 5.41) is 22.5. The van der Waals surface area contributed by atoms with Gasteiger partial charge in [0.15, 0.2) is 0 Å². The third kappa shape index (κ3) is 5.50. The highest BCUT2D eigenvalue weighted by Gasteiger charge is 2.29. The Morgan fingerprint density at radius 3 is 2.33 bits per heavy atom. The molecule has 2 amide bonds. The van der Waals surface area contributed by atoms with E-state index in [0.29, 0.717) is 38.4 Å². The zero-order valence-corrected chi connectivity index (χ0v) is 18.1. The monoisotopic (exact) mass is 456 g/mol. The van der Waals surface area contributed by atoms with Crippen LogP contribution in [0.25, 0.3) is 0 Å². The normalized spacial score (nSPS) is 13.4. The first-order valence-corrected chi connectivity index (χ1v) is 10.5. The number of nitro benzene ring substituents is 2. The van der Waals surface area contributed by atoms with Crippen LogP contribution in [0.5, 0.6) is 0 Å². The molecule has 1 aliphatic heterocycles. The average molecular weight is 456 g/mol. The van der Waals surface area contributed by atoms with Crippen LogP contribution >= 0.6 is 0 Å². The Labute approximate surface area is 189 Å². The fraction of sp³-hybridized carbons (Fsp3) is 0.364. The summed E-state index contributed by atoms with van der Waals surface area (Å²) < 4.78 is 5.27. The molecule has 1 fully saturated rings. The second-order valence-electron chi connectivity index (χ2n) is 7.40. The van der Waals surface area contributed by atoms with Gasteiger partial charge >= 0.3 is 11.4 Å². The van der Waals surface area contributed by atoms with Crippen molar-refractivity contribution in [1.82, 2.24) is 4.90 Å². The fourth-order valence-electron chi connectivity index (χ4n) is 3.70. The largest absolute Gasteiger partial charge is 0.378 e. The van der Waals surface area contributed by atoms with E-state index < -0.39 is 27.1 Å². The molecular weight excluding hydrogens is 432 g/mol. The summed E-state index contributed by atoms with van der Waals surface area (Å²) in [6.45, 7) is 3.85. The number of nitro groups is 2. The van der Waals surface area contributed by atoms with Crippen LogP contribution in [0.15, 0.2) is 42.5 Å². The number of para-hydroxylation sites is 1. The summed E-state index contributed by atoms with van der Waals surface area (Å²) in [5.74, 6) is -0.705. The molecule has 0 saturated carbocycles. The minimum Gasteiger partial charge on any atom is -0.378 e. The van der Waals surface area contributed by atoms with Crippen LogP contribution in [0, 0.1) is 20.2 Å². The molecule has 11 nitrogen and oxygen atoms in total. The molecule has 0 aliphatic carbocycles. The van der Waals surface area contributed by atoms with Gasteiger partial charge in [-0.1, -0.05) is 25.1 Å². The van der Waals surface area contributed by atoms with E-state index in [2.05, 4.69) is 0 Å². The van der Waals surface area contributed by atoms with E-state index in [-0.39, 0.29) is 24.4 Å². The zero-order chi connectivity index (χ0) is 24.0. The first-order chi connectivity index (χ1) is 15.8. The highest BCUT2D eigenvalue weighted by molar-refractivity contribution is 6.07. The van der Waals surface area contributed by atoms with Gasteiger partial charge in [-0.3, -0.25) is 29.8 Å². The predicted molar refractivity (Wildman–Crippen MR) is 119 cm³/mol. The summed E-state index contributed by atoms with van der Waals surface area (Å²) in [7, 11) is 0. The lowest BCUT2D eigenvalue weighted by Gasteiger charge is -2.29. The number of carbonyl (C=O) groups is 2. The van der Waals surface area contributed by atoms with Crippen molar-refractivity contribution < 1.29 is 24.2 Å². The van der Waals surface area contributed by atoms with Gasteiger partial charge in [0.05, 0.1) is 23.1 Å². The number of ether oxygens (including phenoxy) is 1. The summed E-state index contributed by atoms with van der Waals surface area (Å²) in [6.07, 6.45) is 0.677. The molecule has 1 heterocycles. The number of carbonyl (C=O) groups excluding carboxylic acids is 2. The summed E-state index contributed by atoms with van der Waals surface area (Å²) in [5.41, 5.74) is -0.0857. The molecular formula is C22H24N4O7. The number of aryl methyl sites for hydroxylation is 1. The Morgan fingerprint density at radius 1 is 1.03 bits per heavy atom.